The molecule has 1 aromatic heterocycles. The van der Waals surface area contributed by atoms with E-state index in [0.717, 1.165) is 10.4 Å². The summed E-state index contributed by atoms with van der Waals surface area (Å²) in [7, 11) is 0. The third-order valence-electron chi connectivity index (χ3n) is 3.15. The highest BCUT2D eigenvalue weighted by molar-refractivity contribution is 7.19. The van der Waals surface area contributed by atoms with Crippen molar-refractivity contribution in [2.24, 2.45) is 0 Å². The van der Waals surface area contributed by atoms with Gasteiger partial charge in [-0.1, -0.05) is 48.0 Å². The van der Waals surface area contributed by atoms with Crippen LogP contribution in [0.3, 0.4) is 0 Å². The number of ketones is 1. The topological polar surface area (TPSA) is 17.1 Å². The minimum Gasteiger partial charge on any atom is -0.289 e. The molecule has 98 valence electrons. The Hall–Kier alpha value is -2.19. The first-order valence-electron chi connectivity index (χ1n) is 6.50. The van der Waals surface area contributed by atoms with Crippen molar-refractivity contribution >= 4 is 33.3 Å². The second-order valence-electron chi connectivity index (χ2n) is 4.75. The third kappa shape index (κ3) is 2.70. The fourth-order valence-electron chi connectivity index (χ4n) is 2.12. The molecule has 0 aliphatic heterocycles. The maximum absolute atomic E-state index is 12.0. The van der Waals surface area contributed by atoms with E-state index in [-0.39, 0.29) is 5.78 Å². The van der Waals surface area contributed by atoms with Gasteiger partial charge in [0.1, 0.15) is 0 Å². The molecule has 0 spiro atoms. The van der Waals surface area contributed by atoms with Crippen LogP contribution in [0.5, 0.6) is 0 Å². The van der Waals surface area contributed by atoms with Gasteiger partial charge in [-0.05, 0) is 36.6 Å². The average Bonchev–Trinajstić information content (AvgIpc) is 2.87. The second-order valence-corrected chi connectivity index (χ2v) is 5.87. The van der Waals surface area contributed by atoms with E-state index in [2.05, 4.69) is 31.2 Å². The van der Waals surface area contributed by atoms with Gasteiger partial charge in [0, 0.05) is 15.1 Å². The molecule has 2 aromatic carbocycles. The van der Waals surface area contributed by atoms with E-state index in [1.54, 1.807) is 17.4 Å². The molecule has 0 aliphatic rings. The van der Waals surface area contributed by atoms with Gasteiger partial charge in [0.15, 0.2) is 5.78 Å². The average molecular weight is 278 g/mol. The van der Waals surface area contributed by atoms with Crippen molar-refractivity contribution in [1.82, 2.24) is 0 Å². The van der Waals surface area contributed by atoms with Crippen LogP contribution in [0.15, 0.2) is 60.7 Å². The summed E-state index contributed by atoms with van der Waals surface area (Å²) in [4.78, 5) is 13.1. The van der Waals surface area contributed by atoms with Crippen LogP contribution < -0.4 is 0 Å². The summed E-state index contributed by atoms with van der Waals surface area (Å²) < 4.78 is 1.25. The number of rotatable bonds is 3. The molecule has 0 aliphatic carbocycles. The molecular formula is C18H14OS. The molecule has 3 rings (SSSR count). The Morgan fingerprint density at radius 2 is 1.85 bits per heavy atom. The Morgan fingerprint density at radius 3 is 2.65 bits per heavy atom. The molecule has 0 amide bonds. The standard InChI is InChI=1S/C18H14OS/c1-13-7-10-18-15(11-13)12-16(20-18)8-9-17(19)14-5-3-2-4-6-14/h2-12H,1H3. The largest absolute Gasteiger partial charge is 0.289 e. The van der Waals surface area contributed by atoms with Gasteiger partial charge >= 0.3 is 0 Å². The van der Waals surface area contributed by atoms with E-state index < -0.39 is 0 Å². The lowest BCUT2D eigenvalue weighted by atomic mass is 10.1. The number of carbonyl (C=O) groups excluding carboxylic acids is 1. The zero-order valence-electron chi connectivity index (χ0n) is 11.2. The van der Waals surface area contributed by atoms with Gasteiger partial charge in [0.25, 0.3) is 0 Å². The number of hydrogen-bond donors (Lipinski definition) is 0. The minimum absolute atomic E-state index is 0.0410. The minimum atomic E-state index is 0.0410. The molecule has 1 heterocycles. The molecule has 0 saturated heterocycles. The van der Waals surface area contributed by atoms with Gasteiger partial charge in [-0.25, -0.2) is 0 Å². The number of hydrogen-bond acceptors (Lipinski definition) is 2. The number of benzene rings is 2. The van der Waals surface area contributed by atoms with Crippen molar-refractivity contribution in [3.05, 3.63) is 76.7 Å². The summed E-state index contributed by atoms with van der Waals surface area (Å²) in [6, 6.07) is 17.9. The number of carbonyl (C=O) groups is 1. The fraction of sp³-hybridized carbons (Fsp3) is 0.0556. The van der Waals surface area contributed by atoms with Crippen LogP contribution in [-0.2, 0) is 0 Å². The quantitative estimate of drug-likeness (QED) is 0.481. The summed E-state index contributed by atoms with van der Waals surface area (Å²) >= 11 is 1.70. The van der Waals surface area contributed by atoms with Gasteiger partial charge < -0.3 is 0 Å². The van der Waals surface area contributed by atoms with Crippen molar-refractivity contribution in [2.75, 3.05) is 0 Å². The second kappa shape index (κ2) is 5.43. The maximum Gasteiger partial charge on any atom is 0.185 e. The number of fused-ring (bicyclic) bond motifs is 1. The summed E-state index contributed by atoms with van der Waals surface area (Å²) in [5.74, 6) is 0.0410. The SMILES string of the molecule is Cc1ccc2sc(C=CC(=O)c3ccccc3)cc2c1. The highest BCUT2D eigenvalue weighted by Gasteiger charge is 2.02. The molecule has 1 nitrogen and oxygen atoms in total. The lowest BCUT2D eigenvalue weighted by Crippen LogP contribution is -1.92. The molecule has 0 unspecified atom stereocenters. The monoisotopic (exact) mass is 278 g/mol. The number of allylic oxidation sites excluding steroid dienone is 1. The molecule has 0 fully saturated rings. The zero-order valence-corrected chi connectivity index (χ0v) is 12.0. The van der Waals surface area contributed by atoms with Crippen LogP contribution >= 0.6 is 11.3 Å². The Labute approximate surface area is 122 Å². The predicted octanol–water partition coefficient (Wildman–Crippen LogP) is 5.11. The normalized spacial score (nSPS) is 11.2. The van der Waals surface area contributed by atoms with Gasteiger partial charge in [0.05, 0.1) is 0 Å². The van der Waals surface area contributed by atoms with E-state index in [9.17, 15) is 4.79 Å². The number of aryl methyl sites for hydroxylation is 1. The van der Waals surface area contributed by atoms with Crippen LogP contribution in [0.2, 0.25) is 0 Å². The van der Waals surface area contributed by atoms with E-state index in [1.165, 1.54) is 15.6 Å². The molecule has 0 radical (unpaired) electrons. The molecule has 0 atom stereocenters. The molecule has 0 saturated carbocycles. The van der Waals surface area contributed by atoms with Crippen molar-refractivity contribution in [2.45, 2.75) is 6.92 Å². The first kappa shape index (κ1) is 12.8. The smallest absolute Gasteiger partial charge is 0.185 e. The Bertz CT molecular complexity index is 782. The van der Waals surface area contributed by atoms with Gasteiger partial charge in [-0.2, -0.15) is 0 Å². The molecule has 20 heavy (non-hydrogen) atoms. The maximum atomic E-state index is 12.0. The Morgan fingerprint density at radius 1 is 1.05 bits per heavy atom. The summed E-state index contributed by atoms with van der Waals surface area (Å²) in [5.41, 5.74) is 1.98. The predicted molar refractivity (Wildman–Crippen MR) is 86.4 cm³/mol. The summed E-state index contributed by atoms with van der Waals surface area (Å²) in [6.45, 7) is 2.09. The third-order valence-corrected chi connectivity index (χ3v) is 4.23. The number of thiophene rings is 1. The molecule has 0 N–H and O–H groups in total. The summed E-state index contributed by atoms with van der Waals surface area (Å²) in [6.07, 6.45) is 3.54. The van der Waals surface area contributed by atoms with Crippen LogP contribution in [0.4, 0.5) is 0 Å². The highest BCUT2D eigenvalue weighted by Crippen LogP contribution is 2.27. The van der Waals surface area contributed by atoms with E-state index in [4.69, 9.17) is 0 Å². The van der Waals surface area contributed by atoms with Crippen molar-refractivity contribution in [1.29, 1.82) is 0 Å². The molecular weight excluding hydrogens is 264 g/mol. The van der Waals surface area contributed by atoms with Crippen molar-refractivity contribution in [3.63, 3.8) is 0 Å². The highest BCUT2D eigenvalue weighted by atomic mass is 32.1. The Balaban J connectivity index is 1.85. The van der Waals surface area contributed by atoms with E-state index in [0.29, 0.717) is 0 Å². The summed E-state index contributed by atoms with van der Waals surface area (Å²) in [5, 5.41) is 1.24. The van der Waals surface area contributed by atoms with E-state index in [1.807, 2.05) is 36.4 Å². The zero-order chi connectivity index (χ0) is 13.9. The first-order chi connectivity index (χ1) is 9.72. The lowest BCUT2D eigenvalue weighted by molar-refractivity contribution is 0.104. The fourth-order valence-corrected chi connectivity index (χ4v) is 3.07. The van der Waals surface area contributed by atoms with Crippen molar-refractivity contribution in [3.8, 4) is 0 Å². The van der Waals surface area contributed by atoms with E-state index >= 15 is 0 Å². The van der Waals surface area contributed by atoms with Crippen LogP contribution in [0, 0.1) is 6.92 Å². The van der Waals surface area contributed by atoms with Crippen LogP contribution in [0.1, 0.15) is 20.8 Å². The van der Waals surface area contributed by atoms with Crippen LogP contribution in [0.25, 0.3) is 16.2 Å². The first-order valence-corrected chi connectivity index (χ1v) is 7.32. The van der Waals surface area contributed by atoms with Gasteiger partial charge in [-0.3, -0.25) is 4.79 Å². The Kier molecular flexibility index (Phi) is 3.48. The van der Waals surface area contributed by atoms with Gasteiger partial charge in [-0.15, -0.1) is 11.3 Å². The molecule has 0 bridgehead atoms. The van der Waals surface area contributed by atoms with Crippen molar-refractivity contribution < 1.29 is 4.79 Å². The van der Waals surface area contributed by atoms with Gasteiger partial charge in [0.2, 0.25) is 0 Å². The molecule has 2 heteroatoms. The van der Waals surface area contributed by atoms with Crippen LogP contribution in [-0.4, -0.2) is 5.78 Å². The lowest BCUT2D eigenvalue weighted by Gasteiger charge is -1.92. The molecule has 3 aromatic rings.